The summed E-state index contributed by atoms with van der Waals surface area (Å²) in [6, 6.07) is 12.0. The summed E-state index contributed by atoms with van der Waals surface area (Å²) >= 11 is 0. The van der Waals surface area contributed by atoms with Crippen LogP contribution in [0.5, 0.6) is 11.5 Å². The molecule has 0 aliphatic carbocycles. The predicted octanol–water partition coefficient (Wildman–Crippen LogP) is 2.85. The van der Waals surface area contributed by atoms with Crippen LogP contribution in [0.15, 0.2) is 42.5 Å². The highest BCUT2D eigenvalue weighted by atomic mass is 32.2. The molecule has 1 unspecified atom stereocenters. The van der Waals surface area contributed by atoms with E-state index in [2.05, 4.69) is 15.7 Å². The van der Waals surface area contributed by atoms with Gasteiger partial charge in [-0.3, -0.25) is 4.90 Å². The molecule has 0 saturated carbocycles. The average molecular weight is 421 g/mol. The number of sulfonamides is 1. The van der Waals surface area contributed by atoms with E-state index in [0.717, 1.165) is 36.4 Å². The number of hydrogen-bond acceptors (Lipinski definition) is 5. The fourth-order valence-corrected chi connectivity index (χ4v) is 5.10. The minimum atomic E-state index is -3.52. The number of likely N-dealkylation sites (tertiary alicyclic amines) is 1. The largest absolute Gasteiger partial charge is 0.486 e. The van der Waals surface area contributed by atoms with Gasteiger partial charge in [0.15, 0.2) is 11.5 Å². The summed E-state index contributed by atoms with van der Waals surface area (Å²) in [5.74, 6) is 0.888. The fraction of sp³-hybridized carbons (Fsp3) is 0.429. The van der Waals surface area contributed by atoms with Crippen LogP contribution in [-0.4, -0.2) is 46.2 Å². The third-order valence-corrected chi connectivity index (χ3v) is 6.64. The molecule has 1 fully saturated rings. The minimum absolute atomic E-state index is 0.226. The maximum Gasteiger partial charge on any atom is 0.215 e. The fourth-order valence-electron chi connectivity index (χ4n) is 3.98. The number of benzene rings is 2. The molecular formula is C21H25FN2O4S. The molecule has 0 amide bonds. The van der Waals surface area contributed by atoms with Gasteiger partial charge in [0.2, 0.25) is 10.0 Å². The topological polar surface area (TPSA) is 67.9 Å². The lowest BCUT2D eigenvalue weighted by Crippen LogP contribution is -2.35. The van der Waals surface area contributed by atoms with Crippen LogP contribution >= 0.6 is 0 Å². The number of ether oxygens (including phenoxy) is 2. The monoisotopic (exact) mass is 420 g/mol. The highest BCUT2D eigenvalue weighted by Crippen LogP contribution is 2.37. The van der Waals surface area contributed by atoms with Gasteiger partial charge in [0, 0.05) is 19.1 Å². The number of hydrogen-bond donors (Lipinski definition) is 1. The van der Waals surface area contributed by atoms with E-state index in [4.69, 9.17) is 9.47 Å². The lowest BCUT2D eigenvalue weighted by Gasteiger charge is -2.26. The van der Waals surface area contributed by atoms with E-state index in [1.807, 2.05) is 12.1 Å². The first-order chi connectivity index (χ1) is 14.0. The molecule has 1 atom stereocenters. The van der Waals surface area contributed by atoms with E-state index in [1.54, 1.807) is 6.07 Å². The second-order valence-corrected chi connectivity index (χ2v) is 9.19. The average Bonchev–Trinajstić information content (AvgIpc) is 3.15. The van der Waals surface area contributed by atoms with Gasteiger partial charge in [-0.25, -0.2) is 17.5 Å². The van der Waals surface area contributed by atoms with Crippen molar-refractivity contribution >= 4 is 10.0 Å². The van der Waals surface area contributed by atoms with Crippen LogP contribution in [0, 0.1) is 5.82 Å². The lowest BCUT2D eigenvalue weighted by molar-refractivity contribution is 0.170. The Labute approximate surface area is 170 Å². The van der Waals surface area contributed by atoms with E-state index >= 15 is 0 Å². The van der Waals surface area contributed by atoms with Crippen LogP contribution in [-0.2, 0) is 15.8 Å². The number of nitrogens with one attached hydrogen (secondary N) is 1. The zero-order chi connectivity index (χ0) is 20.3. The van der Waals surface area contributed by atoms with Crippen molar-refractivity contribution in [2.24, 2.45) is 0 Å². The molecule has 4 rings (SSSR count). The number of nitrogens with zero attached hydrogens (tertiary/aromatic N) is 1. The smallest absolute Gasteiger partial charge is 0.215 e. The first-order valence-electron chi connectivity index (χ1n) is 9.85. The van der Waals surface area contributed by atoms with Gasteiger partial charge in [-0.15, -0.1) is 0 Å². The van der Waals surface area contributed by atoms with Crippen LogP contribution in [0.25, 0.3) is 0 Å². The van der Waals surface area contributed by atoms with Gasteiger partial charge in [-0.05, 0) is 54.8 Å². The van der Waals surface area contributed by atoms with Crippen molar-refractivity contribution in [3.05, 3.63) is 59.4 Å². The summed E-state index contributed by atoms with van der Waals surface area (Å²) in [5.41, 5.74) is 1.60. The van der Waals surface area contributed by atoms with Gasteiger partial charge >= 0.3 is 0 Å². The molecule has 1 N–H and O–H groups in total. The predicted molar refractivity (Wildman–Crippen MR) is 108 cm³/mol. The van der Waals surface area contributed by atoms with Crippen molar-refractivity contribution in [1.29, 1.82) is 0 Å². The molecule has 0 radical (unpaired) electrons. The van der Waals surface area contributed by atoms with E-state index in [-0.39, 0.29) is 11.8 Å². The standard InChI is InChI=1S/C21H25FN2O4S/c22-18-4-1-3-16(13-18)15-29(25,26)23-8-10-24-9-2-5-19(24)17-6-7-20-21(14-17)28-12-11-27-20/h1,3-4,6-7,13-14,19,23H,2,5,8-12,15H2. The van der Waals surface area contributed by atoms with E-state index < -0.39 is 15.8 Å². The van der Waals surface area contributed by atoms with Crippen molar-refractivity contribution in [1.82, 2.24) is 9.62 Å². The summed E-state index contributed by atoms with van der Waals surface area (Å²) in [6.45, 7) is 2.97. The zero-order valence-corrected chi connectivity index (χ0v) is 17.0. The summed E-state index contributed by atoms with van der Waals surface area (Å²) < 4.78 is 51.8. The Hall–Kier alpha value is -2.16. The van der Waals surface area contributed by atoms with Gasteiger partial charge < -0.3 is 9.47 Å². The molecule has 2 heterocycles. The zero-order valence-electron chi connectivity index (χ0n) is 16.1. The van der Waals surface area contributed by atoms with Crippen LogP contribution in [0.3, 0.4) is 0 Å². The first-order valence-corrected chi connectivity index (χ1v) is 11.5. The third-order valence-electron chi connectivity index (χ3n) is 5.28. The Kier molecular flexibility index (Phi) is 6.03. The maximum absolute atomic E-state index is 13.3. The van der Waals surface area contributed by atoms with Crippen LogP contribution in [0.2, 0.25) is 0 Å². The van der Waals surface area contributed by atoms with Crippen molar-refractivity contribution < 1.29 is 22.3 Å². The second-order valence-electron chi connectivity index (χ2n) is 7.38. The van der Waals surface area contributed by atoms with Crippen LogP contribution < -0.4 is 14.2 Å². The van der Waals surface area contributed by atoms with E-state index in [9.17, 15) is 12.8 Å². The third kappa shape index (κ3) is 5.07. The molecule has 2 aliphatic rings. The first kappa shape index (κ1) is 20.1. The summed E-state index contributed by atoms with van der Waals surface area (Å²) in [7, 11) is -3.52. The van der Waals surface area contributed by atoms with Crippen molar-refractivity contribution in [3.8, 4) is 11.5 Å². The Morgan fingerprint density at radius 2 is 1.93 bits per heavy atom. The van der Waals surface area contributed by atoms with Gasteiger partial charge in [0.25, 0.3) is 0 Å². The molecule has 0 bridgehead atoms. The van der Waals surface area contributed by atoms with E-state index in [1.165, 1.54) is 18.2 Å². The Bertz CT molecular complexity index is 967. The summed E-state index contributed by atoms with van der Waals surface area (Å²) in [6.07, 6.45) is 2.09. The molecule has 29 heavy (non-hydrogen) atoms. The number of fused-ring (bicyclic) bond motifs is 1. The van der Waals surface area contributed by atoms with Crippen LogP contribution in [0.1, 0.15) is 30.0 Å². The summed E-state index contributed by atoms with van der Waals surface area (Å²) in [5, 5.41) is 0. The molecule has 0 aromatic heterocycles. The SMILES string of the molecule is O=S(=O)(Cc1cccc(F)c1)NCCN1CCCC1c1ccc2c(c1)OCCO2. The molecular weight excluding hydrogens is 395 g/mol. The second kappa shape index (κ2) is 8.69. The van der Waals surface area contributed by atoms with Gasteiger partial charge in [0.1, 0.15) is 19.0 Å². The van der Waals surface area contributed by atoms with E-state index in [0.29, 0.717) is 31.9 Å². The normalized spacial score (nSPS) is 19.4. The van der Waals surface area contributed by atoms with Gasteiger partial charge in [-0.1, -0.05) is 18.2 Å². The number of rotatable bonds is 7. The lowest BCUT2D eigenvalue weighted by atomic mass is 10.0. The number of halogens is 1. The van der Waals surface area contributed by atoms with Gasteiger partial charge in [-0.2, -0.15) is 0 Å². The van der Waals surface area contributed by atoms with Crippen molar-refractivity contribution in [2.45, 2.75) is 24.6 Å². The minimum Gasteiger partial charge on any atom is -0.486 e. The van der Waals surface area contributed by atoms with Crippen LogP contribution in [0.4, 0.5) is 4.39 Å². The molecule has 2 aliphatic heterocycles. The van der Waals surface area contributed by atoms with Crippen molar-refractivity contribution in [2.75, 3.05) is 32.8 Å². The molecule has 8 heteroatoms. The quantitative estimate of drug-likeness (QED) is 0.746. The van der Waals surface area contributed by atoms with Crippen molar-refractivity contribution in [3.63, 3.8) is 0 Å². The van der Waals surface area contributed by atoms with Gasteiger partial charge in [0.05, 0.1) is 5.75 Å². The molecule has 0 spiro atoms. The molecule has 1 saturated heterocycles. The summed E-state index contributed by atoms with van der Waals surface area (Å²) in [4.78, 5) is 2.29. The molecule has 2 aromatic rings. The Morgan fingerprint density at radius 1 is 1.10 bits per heavy atom. The Balaban J connectivity index is 1.34. The maximum atomic E-state index is 13.3. The molecule has 2 aromatic carbocycles. The highest BCUT2D eigenvalue weighted by Gasteiger charge is 2.27. The highest BCUT2D eigenvalue weighted by molar-refractivity contribution is 7.88. The molecule has 156 valence electrons. The Morgan fingerprint density at radius 3 is 2.76 bits per heavy atom. The molecule has 6 nitrogen and oxygen atoms in total.